The lowest BCUT2D eigenvalue weighted by Gasteiger charge is -2.06. The number of hydrogen-bond acceptors (Lipinski definition) is 5. The van der Waals surface area contributed by atoms with E-state index in [9.17, 15) is 18.0 Å². The van der Waals surface area contributed by atoms with Crippen LogP contribution in [0.2, 0.25) is 0 Å². The molecule has 0 spiro atoms. The summed E-state index contributed by atoms with van der Waals surface area (Å²) in [6, 6.07) is 12.5. The topological polar surface area (TPSA) is 110 Å². The second-order valence-corrected chi connectivity index (χ2v) is 7.18. The van der Waals surface area contributed by atoms with Crippen LogP contribution in [-0.4, -0.2) is 38.4 Å². The Kier molecular flexibility index (Phi) is 6.86. The van der Waals surface area contributed by atoms with Gasteiger partial charge in [-0.05, 0) is 49.4 Å². The quantitative estimate of drug-likeness (QED) is 0.503. The number of carboxylic acids is 1. The van der Waals surface area contributed by atoms with Gasteiger partial charge in [-0.2, -0.15) is 4.72 Å². The molecule has 0 aliphatic carbocycles. The highest BCUT2D eigenvalue weighted by atomic mass is 32.2. The van der Waals surface area contributed by atoms with Gasteiger partial charge in [0.05, 0.1) is 11.5 Å². The highest BCUT2D eigenvalue weighted by molar-refractivity contribution is 7.89. The van der Waals surface area contributed by atoms with Gasteiger partial charge in [-0.15, -0.1) is 0 Å². The molecule has 2 aromatic carbocycles. The molecule has 0 radical (unpaired) electrons. The molecule has 0 aromatic heterocycles. The molecule has 7 nitrogen and oxygen atoms in total. The highest BCUT2D eigenvalue weighted by Gasteiger charge is 2.15. The first kappa shape index (κ1) is 20.3. The van der Waals surface area contributed by atoms with Crippen molar-refractivity contribution in [2.75, 3.05) is 13.2 Å². The van der Waals surface area contributed by atoms with Gasteiger partial charge in [0.15, 0.2) is 5.78 Å². The van der Waals surface area contributed by atoms with Gasteiger partial charge in [0, 0.05) is 11.1 Å². The van der Waals surface area contributed by atoms with Crippen LogP contribution in [0.1, 0.15) is 22.8 Å². The molecule has 0 amide bonds. The summed E-state index contributed by atoms with van der Waals surface area (Å²) in [5.74, 6) is -0.929. The van der Waals surface area contributed by atoms with Gasteiger partial charge in [-0.3, -0.25) is 9.59 Å². The molecule has 142 valence electrons. The van der Waals surface area contributed by atoms with Crippen molar-refractivity contribution in [1.29, 1.82) is 0 Å². The van der Waals surface area contributed by atoms with Gasteiger partial charge in [-0.1, -0.05) is 18.2 Å². The second kappa shape index (κ2) is 9.11. The molecule has 0 atom stereocenters. The fraction of sp³-hybridized carbons (Fsp3) is 0.158. The third-order valence-corrected chi connectivity index (χ3v) is 4.91. The first-order valence-electron chi connectivity index (χ1n) is 8.09. The average molecular weight is 389 g/mol. The molecular weight excluding hydrogens is 370 g/mol. The Morgan fingerprint density at radius 3 is 2.41 bits per heavy atom. The number of allylic oxidation sites excluding steroid dienone is 1. The molecule has 2 N–H and O–H groups in total. The molecule has 0 unspecified atom stereocenters. The number of ether oxygens (including phenoxy) is 1. The molecule has 2 aromatic rings. The van der Waals surface area contributed by atoms with Crippen molar-refractivity contribution in [2.45, 2.75) is 11.8 Å². The van der Waals surface area contributed by atoms with Crippen LogP contribution in [0.4, 0.5) is 0 Å². The molecule has 8 heteroatoms. The highest BCUT2D eigenvalue weighted by Crippen LogP contribution is 2.20. The lowest BCUT2D eigenvalue weighted by Crippen LogP contribution is -2.29. The fourth-order valence-corrected chi connectivity index (χ4v) is 3.18. The van der Waals surface area contributed by atoms with Gasteiger partial charge in [0.2, 0.25) is 10.0 Å². The summed E-state index contributed by atoms with van der Waals surface area (Å²) in [5.41, 5.74) is 1.06. The van der Waals surface area contributed by atoms with E-state index in [0.717, 1.165) is 5.56 Å². The minimum absolute atomic E-state index is 0.119. The maximum atomic E-state index is 12.3. The molecule has 0 saturated heterocycles. The number of sulfonamides is 1. The summed E-state index contributed by atoms with van der Waals surface area (Å²) in [6.07, 6.45) is 3.01. The summed E-state index contributed by atoms with van der Waals surface area (Å²) >= 11 is 0. The Balaban J connectivity index is 2.13. The number of rotatable bonds is 9. The number of aliphatic carboxylic acids is 1. The van der Waals surface area contributed by atoms with Crippen LogP contribution in [0.25, 0.3) is 6.08 Å². The van der Waals surface area contributed by atoms with Crippen LogP contribution in [0.15, 0.2) is 59.5 Å². The largest absolute Gasteiger partial charge is 0.493 e. The van der Waals surface area contributed by atoms with E-state index in [0.29, 0.717) is 17.9 Å². The van der Waals surface area contributed by atoms with Gasteiger partial charge in [-0.25, -0.2) is 8.42 Å². The first-order valence-corrected chi connectivity index (χ1v) is 9.57. The zero-order valence-electron chi connectivity index (χ0n) is 14.6. The van der Waals surface area contributed by atoms with Gasteiger partial charge in [0.1, 0.15) is 12.3 Å². The molecular formula is C19H19NO6S. The van der Waals surface area contributed by atoms with Gasteiger partial charge < -0.3 is 9.84 Å². The summed E-state index contributed by atoms with van der Waals surface area (Å²) in [6.45, 7) is 1.65. The second-order valence-electron chi connectivity index (χ2n) is 5.41. The van der Waals surface area contributed by atoms with Crippen LogP contribution in [0, 0.1) is 0 Å². The van der Waals surface area contributed by atoms with Gasteiger partial charge >= 0.3 is 5.97 Å². The normalized spacial score (nSPS) is 11.4. The smallest absolute Gasteiger partial charge is 0.318 e. The van der Waals surface area contributed by atoms with Crippen molar-refractivity contribution in [2.24, 2.45) is 0 Å². The minimum atomic E-state index is -3.94. The van der Waals surface area contributed by atoms with E-state index in [4.69, 9.17) is 9.84 Å². The van der Waals surface area contributed by atoms with E-state index < -0.39 is 22.5 Å². The van der Waals surface area contributed by atoms with Crippen LogP contribution in [0.5, 0.6) is 5.75 Å². The van der Waals surface area contributed by atoms with Gasteiger partial charge in [0.25, 0.3) is 0 Å². The van der Waals surface area contributed by atoms with E-state index in [1.807, 2.05) is 29.8 Å². The Morgan fingerprint density at radius 1 is 1.11 bits per heavy atom. The lowest BCUT2D eigenvalue weighted by molar-refractivity contribution is -0.135. The number of para-hydroxylation sites is 1. The number of ketones is 1. The summed E-state index contributed by atoms with van der Waals surface area (Å²) < 4.78 is 31.3. The molecule has 0 fully saturated rings. The Hall–Kier alpha value is -2.97. The number of hydrogen-bond donors (Lipinski definition) is 2. The van der Waals surface area contributed by atoms with Crippen molar-refractivity contribution in [3.63, 3.8) is 0 Å². The standard InChI is InChI=1S/C19H19NO6S/c1-2-26-18-6-4-3-5-15(18)9-12-17(21)14-7-10-16(11-8-14)27(24,25)20-13-19(22)23/h3-12,20H,2,13H2,1H3,(H,22,23). The molecule has 27 heavy (non-hydrogen) atoms. The fourth-order valence-electron chi connectivity index (χ4n) is 2.21. The van der Waals surface area contributed by atoms with E-state index in [1.54, 1.807) is 12.1 Å². The van der Waals surface area contributed by atoms with E-state index in [2.05, 4.69) is 0 Å². The van der Waals surface area contributed by atoms with E-state index in [-0.39, 0.29) is 10.7 Å². The minimum Gasteiger partial charge on any atom is -0.493 e. The molecule has 0 aliphatic rings. The average Bonchev–Trinajstić information content (AvgIpc) is 2.66. The Labute approximate surface area is 157 Å². The molecule has 0 aliphatic heterocycles. The van der Waals surface area contributed by atoms with Crippen LogP contribution in [-0.2, 0) is 14.8 Å². The maximum absolute atomic E-state index is 12.3. The van der Waals surface area contributed by atoms with Crippen molar-refractivity contribution >= 4 is 27.9 Å². The molecule has 0 bridgehead atoms. The molecule has 0 heterocycles. The lowest BCUT2D eigenvalue weighted by atomic mass is 10.1. The summed E-state index contributed by atoms with van der Waals surface area (Å²) in [7, 11) is -3.94. The third kappa shape index (κ3) is 5.77. The van der Waals surface area contributed by atoms with Crippen LogP contribution < -0.4 is 9.46 Å². The first-order chi connectivity index (χ1) is 12.8. The number of nitrogens with one attached hydrogen (secondary N) is 1. The van der Waals surface area contributed by atoms with Crippen molar-refractivity contribution < 1.29 is 27.9 Å². The number of benzene rings is 2. The zero-order valence-corrected chi connectivity index (χ0v) is 15.4. The maximum Gasteiger partial charge on any atom is 0.318 e. The number of carbonyl (C=O) groups excluding carboxylic acids is 1. The molecule has 0 saturated carbocycles. The Morgan fingerprint density at radius 2 is 1.78 bits per heavy atom. The Bertz CT molecular complexity index is 948. The predicted molar refractivity (Wildman–Crippen MR) is 100 cm³/mol. The third-order valence-electron chi connectivity index (χ3n) is 3.50. The van der Waals surface area contributed by atoms with E-state index in [1.165, 1.54) is 30.3 Å². The molecule has 2 rings (SSSR count). The summed E-state index contributed by atoms with van der Waals surface area (Å²) in [4.78, 5) is 22.7. The predicted octanol–water partition coefficient (Wildman–Crippen LogP) is 2.34. The van der Waals surface area contributed by atoms with Crippen molar-refractivity contribution in [1.82, 2.24) is 4.72 Å². The van der Waals surface area contributed by atoms with Crippen molar-refractivity contribution in [3.05, 3.63) is 65.7 Å². The van der Waals surface area contributed by atoms with Crippen LogP contribution in [0.3, 0.4) is 0 Å². The van der Waals surface area contributed by atoms with Crippen LogP contribution >= 0.6 is 0 Å². The zero-order chi connectivity index (χ0) is 19.9. The van der Waals surface area contributed by atoms with E-state index >= 15 is 0 Å². The monoisotopic (exact) mass is 389 g/mol. The van der Waals surface area contributed by atoms with Crippen molar-refractivity contribution in [3.8, 4) is 5.75 Å². The SMILES string of the molecule is CCOc1ccccc1C=CC(=O)c1ccc(S(=O)(=O)NCC(=O)O)cc1. The number of carboxylic acid groups (broad SMARTS) is 1. The summed E-state index contributed by atoms with van der Waals surface area (Å²) in [5, 5.41) is 8.56. The number of carbonyl (C=O) groups is 2.